The number of ether oxygens (including phenoxy) is 1. The zero-order chi connectivity index (χ0) is 15.2. The second-order valence-electron chi connectivity index (χ2n) is 5.89. The average Bonchev–Trinajstić information content (AvgIpc) is 2.53. The molecule has 0 aromatic heterocycles. The van der Waals surface area contributed by atoms with E-state index in [1.807, 2.05) is 42.2 Å². The molecule has 0 bridgehead atoms. The molecule has 116 valence electrons. The summed E-state index contributed by atoms with van der Waals surface area (Å²) in [7, 11) is 0. The van der Waals surface area contributed by atoms with Gasteiger partial charge in [-0.25, -0.2) is 0 Å². The lowest BCUT2D eigenvalue weighted by molar-refractivity contribution is -0.145. The Hall–Kier alpha value is -1.39. The third-order valence-electron chi connectivity index (χ3n) is 4.05. The van der Waals surface area contributed by atoms with Crippen LogP contribution in [0.15, 0.2) is 30.3 Å². The van der Waals surface area contributed by atoms with Gasteiger partial charge in [0.15, 0.2) is 0 Å². The fourth-order valence-electron chi connectivity index (χ4n) is 2.58. The van der Waals surface area contributed by atoms with Gasteiger partial charge in [-0.1, -0.05) is 30.3 Å². The van der Waals surface area contributed by atoms with E-state index in [-0.39, 0.29) is 12.0 Å². The number of hydrogen-bond acceptors (Lipinski definition) is 3. The standard InChI is InChI=1S/C17H26N2O2/c1-14(2)18-9-11-19(12-10-18)17(20)15(3)21-13-16-7-5-4-6-8-16/h4-8,14-15H,9-13H2,1-3H3. The largest absolute Gasteiger partial charge is 0.364 e. The summed E-state index contributed by atoms with van der Waals surface area (Å²) in [5, 5.41) is 0. The van der Waals surface area contributed by atoms with Gasteiger partial charge >= 0.3 is 0 Å². The summed E-state index contributed by atoms with van der Waals surface area (Å²) in [6, 6.07) is 10.5. The molecule has 1 atom stereocenters. The van der Waals surface area contributed by atoms with E-state index in [1.54, 1.807) is 0 Å². The van der Waals surface area contributed by atoms with Gasteiger partial charge in [-0.05, 0) is 26.3 Å². The van der Waals surface area contributed by atoms with Crippen molar-refractivity contribution in [3.63, 3.8) is 0 Å². The molecule has 1 aliphatic heterocycles. The Labute approximate surface area is 127 Å². The van der Waals surface area contributed by atoms with Crippen LogP contribution in [0.1, 0.15) is 26.3 Å². The molecule has 1 aromatic carbocycles. The second kappa shape index (κ2) is 7.57. The molecule has 0 aliphatic carbocycles. The van der Waals surface area contributed by atoms with E-state index in [1.165, 1.54) is 0 Å². The van der Waals surface area contributed by atoms with Crippen molar-refractivity contribution < 1.29 is 9.53 Å². The highest BCUT2D eigenvalue weighted by Crippen LogP contribution is 2.10. The van der Waals surface area contributed by atoms with Crippen molar-refractivity contribution in [1.29, 1.82) is 0 Å². The van der Waals surface area contributed by atoms with E-state index in [4.69, 9.17) is 4.74 Å². The van der Waals surface area contributed by atoms with Gasteiger partial charge in [-0.3, -0.25) is 9.69 Å². The first-order valence-corrected chi connectivity index (χ1v) is 7.76. The predicted molar refractivity (Wildman–Crippen MR) is 84.0 cm³/mol. The van der Waals surface area contributed by atoms with E-state index in [0.29, 0.717) is 12.6 Å². The molecule has 0 N–H and O–H groups in total. The first-order valence-electron chi connectivity index (χ1n) is 7.76. The molecule has 2 rings (SSSR count). The second-order valence-corrected chi connectivity index (χ2v) is 5.89. The van der Waals surface area contributed by atoms with Crippen molar-refractivity contribution in [2.24, 2.45) is 0 Å². The van der Waals surface area contributed by atoms with Crippen LogP contribution in [0.5, 0.6) is 0 Å². The van der Waals surface area contributed by atoms with Gasteiger partial charge in [0.2, 0.25) is 0 Å². The lowest BCUT2D eigenvalue weighted by Crippen LogP contribution is -2.52. The summed E-state index contributed by atoms with van der Waals surface area (Å²) >= 11 is 0. The molecule has 4 nitrogen and oxygen atoms in total. The minimum absolute atomic E-state index is 0.106. The van der Waals surface area contributed by atoms with Gasteiger partial charge in [0, 0.05) is 32.2 Å². The number of nitrogens with zero attached hydrogens (tertiary/aromatic N) is 2. The molecule has 21 heavy (non-hydrogen) atoms. The molecule has 0 saturated carbocycles. The van der Waals surface area contributed by atoms with Crippen molar-refractivity contribution in [2.75, 3.05) is 26.2 Å². The lowest BCUT2D eigenvalue weighted by Gasteiger charge is -2.37. The third-order valence-corrected chi connectivity index (χ3v) is 4.05. The van der Waals surface area contributed by atoms with Gasteiger partial charge in [0.1, 0.15) is 6.10 Å². The van der Waals surface area contributed by atoms with Gasteiger partial charge < -0.3 is 9.64 Å². The van der Waals surface area contributed by atoms with Crippen LogP contribution in [0.3, 0.4) is 0 Å². The van der Waals surface area contributed by atoms with Gasteiger partial charge in [-0.2, -0.15) is 0 Å². The van der Waals surface area contributed by atoms with Crippen molar-refractivity contribution >= 4 is 5.91 Å². The van der Waals surface area contributed by atoms with Crippen LogP contribution < -0.4 is 0 Å². The fourth-order valence-corrected chi connectivity index (χ4v) is 2.58. The Morgan fingerprint density at radius 3 is 2.29 bits per heavy atom. The summed E-state index contributed by atoms with van der Waals surface area (Å²) in [6.07, 6.45) is -0.379. The van der Waals surface area contributed by atoms with Crippen molar-refractivity contribution in [3.05, 3.63) is 35.9 Å². The Balaban J connectivity index is 1.78. The van der Waals surface area contributed by atoms with E-state index in [0.717, 1.165) is 31.7 Å². The van der Waals surface area contributed by atoms with Crippen LogP contribution in [-0.2, 0) is 16.1 Å². The van der Waals surface area contributed by atoms with Crippen LogP contribution >= 0.6 is 0 Å². The Morgan fingerprint density at radius 2 is 1.71 bits per heavy atom. The third kappa shape index (κ3) is 4.55. The first kappa shape index (κ1) is 16.0. The molecule has 4 heteroatoms. The predicted octanol–water partition coefficient (Wildman–Crippen LogP) is 2.14. The van der Waals surface area contributed by atoms with Crippen molar-refractivity contribution in [2.45, 2.75) is 39.5 Å². The highest BCUT2D eigenvalue weighted by molar-refractivity contribution is 5.80. The number of rotatable bonds is 5. The first-order chi connectivity index (χ1) is 10.1. The van der Waals surface area contributed by atoms with Gasteiger partial charge in [0.05, 0.1) is 6.61 Å². The quantitative estimate of drug-likeness (QED) is 0.833. The average molecular weight is 290 g/mol. The maximum atomic E-state index is 12.4. The molecule has 1 aromatic rings. The number of benzene rings is 1. The smallest absolute Gasteiger partial charge is 0.251 e. The molecular weight excluding hydrogens is 264 g/mol. The Morgan fingerprint density at radius 1 is 1.10 bits per heavy atom. The lowest BCUT2D eigenvalue weighted by atomic mass is 10.2. The van der Waals surface area contributed by atoms with E-state index >= 15 is 0 Å². The number of carbonyl (C=O) groups is 1. The van der Waals surface area contributed by atoms with E-state index in [2.05, 4.69) is 18.7 Å². The normalized spacial score (nSPS) is 18.0. The van der Waals surface area contributed by atoms with E-state index < -0.39 is 0 Å². The molecule has 0 radical (unpaired) electrons. The van der Waals surface area contributed by atoms with Crippen LogP contribution in [0, 0.1) is 0 Å². The van der Waals surface area contributed by atoms with Crippen LogP contribution in [-0.4, -0.2) is 54.0 Å². The van der Waals surface area contributed by atoms with Gasteiger partial charge in [0.25, 0.3) is 5.91 Å². The van der Waals surface area contributed by atoms with Crippen molar-refractivity contribution in [1.82, 2.24) is 9.80 Å². The van der Waals surface area contributed by atoms with Gasteiger partial charge in [-0.15, -0.1) is 0 Å². The molecule has 1 unspecified atom stereocenters. The number of amides is 1. The number of piperazine rings is 1. The zero-order valence-corrected chi connectivity index (χ0v) is 13.3. The monoisotopic (exact) mass is 290 g/mol. The highest BCUT2D eigenvalue weighted by atomic mass is 16.5. The summed E-state index contributed by atoms with van der Waals surface area (Å²) < 4.78 is 5.71. The minimum Gasteiger partial charge on any atom is -0.364 e. The molecule has 1 saturated heterocycles. The SMILES string of the molecule is CC(OCc1ccccc1)C(=O)N1CCN(C(C)C)CC1. The van der Waals surface area contributed by atoms with Crippen molar-refractivity contribution in [3.8, 4) is 0 Å². The molecule has 1 heterocycles. The summed E-state index contributed by atoms with van der Waals surface area (Å²) in [4.78, 5) is 16.7. The molecule has 1 aliphatic rings. The molecule has 0 spiro atoms. The minimum atomic E-state index is -0.379. The Bertz CT molecular complexity index is 439. The maximum Gasteiger partial charge on any atom is 0.251 e. The highest BCUT2D eigenvalue weighted by Gasteiger charge is 2.26. The van der Waals surface area contributed by atoms with E-state index in [9.17, 15) is 4.79 Å². The maximum absolute atomic E-state index is 12.4. The number of carbonyl (C=O) groups excluding carboxylic acids is 1. The van der Waals surface area contributed by atoms with Crippen LogP contribution in [0.2, 0.25) is 0 Å². The fraction of sp³-hybridized carbons (Fsp3) is 0.588. The topological polar surface area (TPSA) is 32.8 Å². The summed E-state index contributed by atoms with van der Waals surface area (Å²) in [6.45, 7) is 10.2. The summed E-state index contributed by atoms with van der Waals surface area (Å²) in [5.41, 5.74) is 1.10. The zero-order valence-electron chi connectivity index (χ0n) is 13.3. The molecule has 1 amide bonds. The van der Waals surface area contributed by atoms with Crippen LogP contribution in [0.25, 0.3) is 0 Å². The summed E-state index contributed by atoms with van der Waals surface area (Å²) in [5.74, 6) is 0.106. The molecular formula is C17H26N2O2. The van der Waals surface area contributed by atoms with Crippen LogP contribution in [0.4, 0.5) is 0 Å². The Kier molecular flexibility index (Phi) is 5.76. The number of hydrogen-bond donors (Lipinski definition) is 0. The molecule has 1 fully saturated rings.